The minimum absolute atomic E-state index is 0.0821. The van der Waals surface area contributed by atoms with Gasteiger partial charge in [-0.3, -0.25) is 4.90 Å². The Balaban J connectivity index is 2.06. The lowest BCUT2D eigenvalue weighted by atomic mass is 10.1. The van der Waals surface area contributed by atoms with Crippen LogP contribution in [0.4, 0.5) is 4.39 Å². The fourth-order valence-corrected chi connectivity index (χ4v) is 3.78. The highest BCUT2D eigenvalue weighted by Crippen LogP contribution is 2.26. The maximum Gasteiger partial charge on any atom is 0.127 e. The van der Waals surface area contributed by atoms with E-state index in [4.69, 9.17) is 0 Å². The molecule has 4 heteroatoms. The van der Waals surface area contributed by atoms with Crippen molar-refractivity contribution in [3.05, 3.63) is 35.1 Å². The Morgan fingerprint density at radius 2 is 2.14 bits per heavy atom. The number of hydrogen-bond donors (Lipinski definition) is 1. The molecule has 118 valence electrons. The highest BCUT2D eigenvalue weighted by atomic mass is 32.2. The molecule has 0 saturated carbocycles. The van der Waals surface area contributed by atoms with Crippen LogP contribution in [0.5, 0.6) is 0 Å². The van der Waals surface area contributed by atoms with Gasteiger partial charge in [-0.2, -0.15) is 11.8 Å². The van der Waals surface area contributed by atoms with Crippen molar-refractivity contribution in [2.75, 3.05) is 12.3 Å². The Morgan fingerprint density at radius 1 is 1.38 bits per heavy atom. The number of nitrogens with zero attached hydrogens (tertiary/aromatic N) is 1. The van der Waals surface area contributed by atoms with E-state index in [-0.39, 0.29) is 5.82 Å². The summed E-state index contributed by atoms with van der Waals surface area (Å²) in [5.41, 5.74) is 1.98. The number of rotatable bonds is 5. The molecule has 0 amide bonds. The van der Waals surface area contributed by atoms with Crippen molar-refractivity contribution in [1.82, 2.24) is 10.2 Å². The molecule has 0 aromatic heterocycles. The van der Waals surface area contributed by atoms with Gasteiger partial charge in [0.05, 0.1) is 0 Å². The summed E-state index contributed by atoms with van der Waals surface area (Å²) >= 11 is 2.01. The van der Waals surface area contributed by atoms with Crippen LogP contribution >= 0.6 is 11.8 Å². The van der Waals surface area contributed by atoms with Gasteiger partial charge in [0.2, 0.25) is 0 Å². The first kappa shape index (κ1) is 16.8. The highest BCUT2D eigenvalue weighted by Gasteiger charge is 2.25. The van der Waals surface area contributed by atoms with Crippen LogP contribution in [-0.4, -0.2) is 34.5 Å². The van der Waals surface area contributed by atoms with Gasteiger partial charge in [0.15, 0.2) is 0 Å². The largest absolute Gasteiger partial charge is 0.310 e. The summed E-state index contributed by atoms with van der Waals surface area (Å²) < 4.78 is 14.1. The summed E-state index contributed by atoms with van der Waals surface area (Å²) in [6.45, 7) is 11.3. The number of halogens is 1. The van der Waals surface area contributed by atoms with Gasteiger partial charge in [-0.1, -0.05) is 32.9 Å². The van der Waals surface area contributed by atoms with Crippen LogP contribution in [0.2, 0.25) is 0 Å². The van der Waals surface area contributed by atoms with E-state index in [1.165, 1.54) is 0 Å². The Kier molecular flexibility index (Phi) is 6.08. The molecule has 0 radical (unpaired) electrons. The van der Waals surface area contributed by atoms with E-state index in [1.54, 1.807) is 6.07 Å². The lowest BCUT2D eigenvalue weighted by molar-refractivity contribution is 0.202. The minimum atomic E-state index is -0.0821. The first-order valence-electron chi connectivity index (χ1n) is 7.83. The van der Waals surface area contributed by atoms with Gasteiger partial charge in [0.25, 0.3) is 0 Å². The minimum Gasteiger partial charge on any atom is -0.310 e. The van der Waals surface area contributed by atoms with Gasteiger partial charge < -0.3 is 5.32 Å². The molecule has 2 unspecified atom stereocenters. The zero-order chi connectivity index (χ0) is 15.4. The second-order valence-electron chi connectivity index (χ2n) is 6.25. The van der Waals surface area contributed by atoms with Crippen molar-refractivity contribution >= 4 is 11.8 Å². The smallest absolute Gasteiger partial charge is 0.127 e. The van der Waals surface area contributed by atoms with Gasteiger partial charge in [0.1, 0.15) is 5.82 Å². The molecule has 1 heterocycles. The Bertz CT molecular complexity index is 464. The van der Waals surface area contributed by atoms with Gasteiger partial charge in [0, 0.05) is 48.3 Å². The molecular weight excluding hydrogens is 283 g/mol. The van der Waals surface area contributed by atoms with Crippen molar-refractivity contribution in [2.24, 2.45) is 0 Å². The second kappa shape index (κ2) is 7.61. The van der Waals surface area contributed by atoms with Crippen LogP contribution < -0.4 is 5.32 Å². The van der Waals surface area contributed by atoms with Crippen molar-refractivity contribution in [2.45, 2.75) is 58.1 Å². The lowest BCUT2D eigenvalue weighted by Gasteiger charge is -2.37. The van der Waals surface area contributed by atoms with E-state index >= 15 is 0 Å². The molecule has 1 N–H and O–H groups in total. The summed E-state index contributed by atoms with van der Waals surface area (Å²) in [5.74, 6) is 1.06. The summed E-state index contributed by atoms with van der Waals surface area (Å²) in [4.78, 5) is 2.40. The Morgan fingerprint density at radius 3 is 2.86 bits per heavy atom. The lowest BCUT2D eigenvalue weighted by Crippen LogP contribution is -2.44. The third kappa shape index (κ3) is 4.70. The van der Waals surface area contributed by atoms with Gasteiger partial charge in [-0.25, -0.2) is 4.39 Å². The predicted octanol–water partition coefficient (Wildman–Crippen LogP) is 3.65. The SMILES string of the molecule is CC(C)NCc1ccc(F)c(CN2CCSC(C)C2C)c1. The summed E-state index contributed by atoms with van der Waals surface area (Å²) in [6, 6.07) is 6.45. The fourth-order valence-electron chi connectivity index (χ4n) is 2.62. The van der Waals surface area contributed by atoms with E-state index < -0.39 is 0 Å². The molecular formula is C17H27FN2S. The highest BCUT2D eigenvalue weighted by molar-refractivity contribution is 8.00. The summed E-state index contributed by atoms with van der Waals surface area (Å²) in [6.07, 6.45) is 0. The fraction of sp³-hybridized carbons (Fsp3) is 0.647. The quantitative estimate of drug-likeness (QED) is 0.894. The first-order valence-corrected chi connectivity index (χ1v) is 8.88. The summed E-state index contributed by atoms with van der Waals surface area (Å²) in [5, 5.41) is 4.01. The molecule has 21 heavy (non-hydrogen) atoms. The number of hydrogen-bond acceptors (Lipinski definition) is 3. The Labute approximate surface area is 132 Å². The number of benzene rings is 1. The molecule has 2 nitrogen and oxygen atoms in total. The molecule has 2 rings (SSSR count). The van der Waals surface area contributed by atoms with Crippen LogP contribution in [-0.2, 0) is 13.1 Å². The predicted molar refractivity (Wildman–Crippen MR) is 90.2 cm³/mol. The average Bonchev–Trinajstić information content (AvgIpc) is 2.44. The van der Waals surface area contributed by atoms with Crippen LogP contribution in [0.3, 0.4) is 0 Å². The van der Waals surface area contributed by atoms with E-state index in [9.17, 15) is 4.39 Å². The van der Waals surface area contributed by atoms with Crippen LogP contribution in [0.1, 0.15) is 38.8 Å². The maximum atomic E-state index is 14.1. The van der Waals surface area contributed by atoms with Crippen LogP contribution in [0, 0.1) is 5.82 Å². The van der Waals surface area contributed by atoms with Crippen molar-refractivity contribution in [1.29, 1.82) is 0 Å². The monoisotopic (exact) mass is 310 g/mol. The average molecular weight is 310 g/mol. The zero-order valence-corrected chi connectivity index (χ0v) is 14.3. The third-order valence-electron chi connectivity index (χ3n) is 4.21. The zero-order valence-electron chi connectivity index (χ0n) is 13.5. The number of nitrogens with one attached hydrogen (secondary N) is 1. The van der Waals surface area contributed by atoms with Crippen molar-refractivity contribution in [3.63, 3.8) is 0 Å². The molecule has 1 saturated heterocycles. The molecule has 1 aromatic carbocycles. The van der Waals surface area contributed by atoms with Gasteiger partial charge in [-0.05, 0) is 18.6 Å². The normalized spacial score (nSPS) is 23.7. The molecule has 1 fully saturated rings. The molecule has 1 aliphatic rings. The molecule has 0 aliphatic carbocycles. The van der Waals surface area contributed by atoms with Crippen molar-refractivity contribution < 1.29 is 4.39 Å². The molecule has 1 aromatic rings. The first-order chi connectivity index (χ1) is 9.97. The van der Waals surface area contributed by atoms with Crippen LogP contribution in [0.15, 0.2) is 18.2 Å². The van der Waals surface area contributed by atoms with Gasteiger partial charge >= 0.3 is 0 Å². The summed E-state index contributed by atoms with van der Waals surface area (Å²) in [7, 11) is 0. The van der Waals surface area contributed by atoms with Gasteiger partial charge in [-0.15, -0.1) is 0 Å². The molecule has 0 bridgehead atoms. The van der Waals surface area contributed by atoms with E-state index in [0.29, 0.717) is 23.9 Å². The number of thioether (sulfide) groups is 1. The molecule has 0 spiro atoms. The second-order valence-corrected chi connectivity index (χ2v) is 7.73. The molecule has 2 atom stereocenters. The van der Waals surface area contributed by atoms with E-state index in [2.05, 4.69) is 37.9 Å². The third-order valence-corrected chi connectivity index (χ3v) is 5.55. The van der Waals surface area contributed by atoms with Crippen molar-refractivity contribution in [3.8, 4) is 0 Å². The van der Waals surface area contributed by atoms with E-state index in [0.717, 1.165) is 30.0 Å². The maximum absolute atomic E-state index is 14.1. The molecule has 1 aliphatic heterocycles. The standard InChI is InChI=1S/C17H27FN2S/c1-12(2)19-10-15-5-6-17(18)16(9-15)11-20-7-8-21-14(4)13(20)3/h5-6,9,12-14,19H,7-8,10-11H2,1-4H3. The van der Waals surface area contributed by atoms with Crippen LogP contribution in [0.25, 0.3) is 0 Å². The van der Waals surface area contributed by atoms with E-state index in [1.807, 2.05) is 23.9 Å². The Hall–Kier alpha value is -0.580. The topological polar surface area (TPSA) is 15.3 Å².